The van der Waals surface area contributed by atoms with Crippen molar-refractivity contribution in [3.8, 4) is 0 Å². The highest BCUT2D eigenvalue weighted by Crippen LogP contribution is 2.27. The Labute approximate surface area is 134 Å². The third-order valence-corrected chi connectivity index (χ3v) is 3.64. The predicted molar refractivity (Wildman–Crippen MR) is 81.8 cm³/mol. The summed E-state index contributed by atoms with van der Waals surface area (Å²) >= 11 is 5.77. The van der Waals surface area contributed by atoms with Crippen molar-refractivity contribution < 1.29 is 24.2 Å². The smallest absolute Gasteiger partial charge is 0.339 e. The van der Waals surface area contributed by atoms with Crippen LogP contribution in [0.1, 0.15) is 37.6 Å². The molecule has 0 amide bonds. The van der Waals surface area contributed by atoms with E-state index in [1.807, 2.05) is 0 Å². The lowest BCUT2D eigenvalue weighted by molar-refractivity contribution is -0.171. The van der Waals surface area contributed by atoms with Crippen LogP contribution in [0.5, 0.6) is 0 Å². The minimum Gasteiger partial charge on any atom is -0.464 e. The number of halogens is 1. The maximum atomic E-state index is 12.5. The zero-order valence-electron chi connectivity index (χ0n) is 12.8. The maximum Gasteiger partial charge on any atom is 0.339 e. The molecule has 0 aromatic heterocycles. The van der Waals surface area contributed by atoms with E-state index in [1.165, 1.54) is 38.1 Å². The van der Waals surface area contributed by atoms with Crippen molar-refractivity contribution in [2.45, 2.75) is 32.8 Å². The van der Waals surface area contributed by atoms with E-state index >= 15 is 0 Å². The lowest BCUT2D eigenvalue weighted by Gasteiger charge is -2.30. The molecule has 5 nitrogen and oxygen atoms in total. The van der Waals surface area contributed by atoms with Crippen LogP contribution in [0.15, 0.2) is 24.3 Å². The standard InChI is InChI=1S/C16H19ClO5/c1-4-22-15(20)16(21,9-10(2)18)11(3)14(19)12-5-7-13(17)8-6-12/h5-8,11,21H,4,9H2,1-3H3/t11-,16-/m1/s1. The van der Waals surface area contributed by atoms with E-state index in [2.05, 4.69) is 0 Å². The largest absolute Gasteiger partial charge is 0.464 e. The molecular weight excluding hydrogens is 308 g/mol. The van der Waals surface area contributed by atoms with E-state index in [0.29, 0.717) is 10.6 Å². The van der Waals surface area contributed by atoms with Gasteiger partial charge in [-0.05, 0) is 38.1 Å². The van der Waals surface area contributed by atoms with Crippen LogP contribution < -0.4 is 0 Å². The molecular formula is C16H19ClO5. The van der Waals surface area contributed by atoms with Gasteiger partial charge < -0.3 is 9.84 Å². The number of benzene rings is 1. The van der Waals surface area contributed by atoms with E-state index in [4.69, 9.17) is 16.3 Å². The molecule has 0 bridgehead atoms. The number of esters is 1. The lowest BCUT2D eigenvalue weighted by atomic mass is 9.80. The molecule has 1 aromatic carbocycles. The first-order valence-electron chi connectivity index (χ1n) is 6.91. The van der Waals surface area contributed by atoms with Crippen LogP contribution in [0.4, 0.5) is 0 Å². The monoisotopic (exact) mass is 326 g/mol. The molecule has 0 radical (unpaired) electrons. The van der Waals surface area contributed by atoms with Crippen molar-refractivity contribution in [1.29, 1.82) is 0 Å². The van der Waals surface area contributed by atoms with Crippen LogP contribution in [-0.2, 0) is 14.3 Å². The number of ether oxygens (including phenoxy) is 1. The van der Waals surface area contributed by atoms with E-state index in [-0.39, 0.29) is 6.61 Å². The van der Waals surface area contributed by atoms with Gasteiger partial charge in [0.05, 0.1) is 12.5 Å². The quantitative estimate of drug-likeness (QED) is 0.615. The predicted octanol–water partition coefficient (Wildman–Crippen LogP) is 2.43. The summed E-state index contributed by atoms with van der Waals surface area (Å²) in [5, 5.41) is 11.1. The van der Waals surface area contributed by atoms with Gasteiger partial charge in [-0.25, -0.2) is 4.79 Å². The molecule has 2 atom stereocenters. The molecule has 1 N–H and O–H groups in total. The molecule has 1 aromatic rings. The van der Waals surface area contributed by atoms with Gasteiger partial charge in [-0.1, -0.05) is 18.5 Å². The maximum absolute atomic E-state index is 12.5. The summed E-state index contributed by atoms with van der Waals surface area (Å²) in [4.78, 5) is 35.9. The van der Waals surface area contributed by atoms with E-state index in [9.17, 15) is 19.5 Å². The number of carbonyl (C=O) groups is 3. The molecule has 0 saturated carbocycles. The van der Waals surface area contributed by atoms with Gasteiger partial charge >= 0.3 is 5.97 Å². The molecule has 0 spiro atoms. The number of aliphatic hydroxyl groups is 1. The van der Waals surface area contributed by atoms with Gasteiger partial charge in [0.2, 0.25) is 0 Å². The summed E-state index contributed by atoms with van der Waals surface area (Å²) in [5.41, 5.74) is -1.89. The third-order valence-electron chi connectivity index (χ3n) is 3.39. The summed E-state index contributed by atoms with van der Waals surface area (Å²) in [6.07, 6.45) is -0.480. The minimum atomic E-state index is -2.18. The molecule has 6 heteroatoms. The fraction of sp³-hybridized carbons (Fsp3) is 0.438. The normalized spacial score (nSPS) is 14.8. The Bertz CT molecular complexity index is 566. The zero-order chi connectivity index (χ0) is 16.9. The summed E-state index contributed by atoms with van der Waals surface area (Å²) in [7, 11) is 0. The van der Waals surface area contributed by atoms with Crippen molar-refractivity contribution >= 4 is 29.1 Å². The van der Waals surface area contributed by atoms with E-state index in [1.54, 1.807) is 6.92 Å². The second-order valence-corrected chi connectivity index (χ2v) is 5.55. The molecule has 1 rings (SSSR count). The van der Waals surface area contributed by atoms with Crippen LogP contribution in [0, 0.1) is 5.92 Å². The second-order valence-electron chi connectivity index (χ2n) is 5.12. The molecule has 0 aliphatic carbocycles. The Kier molecular flexibility index (Phi) is 6.26. The van der Waals surface area contributed by atoms with Crippen LogP contribution in [-0.4, -0.2) is 34.9 Å². The number of hydrogen-bond donors (Lipinski definition) is 1. The Balaban J connectivity index is 3.12. The minimum absolute atomic E-state index is 0.0426. The van der Waals surface area contributed by atoms with Gasteiger partial charge in [-0.2, -0.15) is 0 Å². The van der Waals surface area contributed by atoms with Crippen LogP contribution in [0.25, 0.3) is 0 Å². The lowest BCUT2D eigenvalue weighted by Crippen LogP contribution is -2.50. The highest BCUT2D eigenvalue weighted by atomic mass is 35.5. The molecule has 0 saturated heterocycles. The number of Topliss-reactive ketones (excluding diaryl/α,β-unsaturated/α-hetero) is 2. The van der Waals surface area contributed by atoms with Crippen molar-refractivity contribution in [2.75, 3.05) is 6.61 Å². The average molecular weight is 327 g/mol. The van der Waals surface area contributed by atoms with Crippen molar-refractivity contribution in [3.63, 3.8) is 0 Å². The number of hydrogen-bond acceptors (Lipinski definition) is 5. The Morgan fingerprint density at radius 3 is 2.27 bits per heavy atom. The molecule has 0 heterocycles. The first-order valence-corrected chi connectivity index (χ1v) is 7.29. The van der Waals surface area contributed by atoms with Gasteiger partial charge in [0.15, 0.2) is 11.4 Å². The Morgan fingerprint density at radius 2 is 1.82 bits per heavy atom. The molecule has 0 unspecified atom stereocenters. The van der Waals surface area contributed by atoms with E-state index < -0.39 is 35.5 Å². The molecule has 0 aliphatic rings. The Morgan fingerprint density at radius 1 is 1.27 bits per heavy atom. The first kappa shape index (κ1) is 18.3. The van der Waals surface area contributed by atoms with E-state index in [0.717, 1.165) is 0 Å². The Hall–Kier alpha value is -1.72. The average Bonchev–Trinajstić information content (AvgIpc) is 2.46. The zero-order valence-corrected chi connectivity index (χ0v) is 13.5. The fourth-order valence-corrected chi connectivity index (χ4v) is 2.24. The fourth-order valence-electron chi connectivity index (χ4n) is 2.12. The van der Waals surface area contributed by atoms with Crippen molar-refractivity contribution in [2.24, 2.45) is 5.92 Å². The SMILES string of the molecule is CCOC(=O)[C@@](O)(CC(C)=O)[C@H](C)C(=O)c1ccc(Cl)cc1. The van der Waals surface area contributed by atoms with Crippen LogP contribution in [0.2, 0.25) is 5.02 Å². The van der Waals surface area contributed by atoms with Gasteiger partial charge in [0, 0.05) is 17.0 Å². The van der Waals surface area contributed by atoms with Gasteiger partial charge in [-0.3, -0.25) is 9.59 Å². The van der Waals surface area contributed by atoms with Crippen LogP contribution in [0.3, 0.4) is 0 Å². The molecule has 0 fully saturated rings. The van der Waals surface area contributed by atoms with Crippen LogP contribution >= 0.6 is 11.6 Å². The summed E-state index contributed by atoms with van der Waals surface area (Å²) in [5.74, 6) is -2.98. The molecule has 0 aliphatic heterocycles. The third kappa shape index (κ3) is 4.15. The molecule has 120 valence electrons. The number of rotatable bonds is 7. The second kappa shape index (κ2) is 7.51. The van der Waals surface area contributed by atoms with Gasteiger partial charge in [0.25, 0.3) is 0 Å². The number of ketones is 2. The van der Waals surface area contributed by atoms with Gasteiger partial charge in [0.1, 0.15) is 5.78 Å². The first-order chi connectivity index (χ1) is 10.2. The van der Waals surface area contributed by atoms with Crippen molar-refractivity contribution in [3.05, 3.63) is 34.9 Å². The highest BCUT2D eigenvalue weighted by Gasteiger charge is 2.47. The topological polar surface area (TPSA) is 80.7 Å². The number of carbonyl (C=O) groups excluding carboxylic acids is 3. The summed E-state index contributed by atoms with van der Waals surface area (Å²) in [6.45, 7) is 4.26. The van der Waals surface area contributed by atoms with Gasteiger partial charge in [-0.15, -0.1) is 0 Å². The van der Waals surface area contributed by atoms with Crippen molar-refractivity contribution in [1.82, 2.24) is 0 Å². The molecule has 22 heavy (non-hydrogen) atoms. The summed E-state index contributed by atoms with van der Waals surface area (Å²) in [6, 6.07) is 6.08. The summed E-state index contributed by atoms with van der Waals surface area (Å²) < 4.78 is 4.82. The highest BCUT2D eigenvalue weighted by molar-refractivity contribution is 6.30.